The smallest absolute Gasteiger partial charge is 0.253 e. The van der Waals surface area contributed by atoms with Crippen LogP contribution < -0.4 is 5.32 Å². The highest BCUT2D eigenvalue weighted by Gasteiger charge is 2.59. The quantitative estimate of drug-likeness (QED) is 0.904. The van der Waals surface area contributed by atoms with E-state index in [0.29, 0.717) is 17.5 Å². The predicted octanol–water partition coefficient (Wildman–Crippen LogP) is 1.74. The zero-order chi connectivity index (χ0) is 16.6. The minimum absolute atomic E-state index is 0.0705. The van der Waals surface area contributed by atoms with Crippen molar-refractivity contribution in [3.63, 3.8) is 0 Å². The highest BCUT2D eigenvalue weighted by Crippen LogP contribution is 2.57. The van der Waals surface area contributed by atoms with Crippen LogP contribution in [-0.4, -0.2) is 44.4 Å². The number of pyridine rings is 1. The van der Waals surface area contributed by atoms with Gasteiger partial charge in [0.25, 0.3) is 5.91 Å². The summed E-state index contributed by atoms with van der Waals surface area (Å²) in [6.07, 6.45) is 9.33. The number of rotatable bonds is 5. The number of nitrogens with zero attached hydrogens (tertiary/aromatic N) is 4. The van der Waals surface area contributed by atoms with Gasteiger partial charge in [-0.05, 0) is 38.3 Å². The van der Waals surface area contributed by atoms with E-state index < -0.39 is 0 Å². The van der Waals surface area contributed by atoms with Gasteiger partial charge in [-0.15, -0.1) is 0 Å². The van der Waals surface area contributed by atoms with E-state index in [0.717, 1.165) is 25.9 Å². The number of hydrogen-bond acceptors (Lipinski definition) is 5. The monoisotopic (exact) mass is 327 g/mol. The van der Waals surface area contributed by atoms with Crippen molar-refractivity contribution in [3.8, 4) is 5.82 Å². The van der Waals surface area contributed by atoms with Crippen molar-refractivity contribution < 1.29 is 9.53 Å². The van der Waals surface area contributed by atoms with Gasteiger partial charge in [0.05, 0.1) is 11.7 Å². The molecule has 2 aliphatic rings. The zero-order valence-corrected chi connectivity index (χ0v) is 13.7. The van der Waals surface area contributed by atoms with Crippen molar-refractivity contribution in [3.05, 3.63) is 36.5 Å². The molecule has 24 heavy (non-hydrogen) atoms. The first-order valence-electron chi connectivity index (χ1n) is 8.46. The summed E-state index contributed by atoms with van der Waals surface area (Å²) in [5, 5.41) is 7.20. The second-order valence-corrected chi connectivity index (χ2v) is 6.54. The fourth-order valence-corrected chi connectivity index (χ4v) is 3.86. The summed E-state index contributed by atoms with van der Waals surface area (Å²) in [6.45, 7) is 2.77. The average Bonchev–Trinajstić information content (AvgIpc) is 3.06. The molecule has 2 fully saturated rings. The van der Waals surface area contributed by atoms with Crippen LogP contribution >= 0.6 is 0 Å². The molecule has 2 heterocycles. The van der Waals surface area contributed by atoms with Crippen LogP contribution in [0.3, 0.4) is 0 Å². The number of carbonyl (C=O) groups is 1. The van der Waals surface area contributed by atoms with Crippen molar-refractivity contribution in [2.75, 3.05) is 6.61 Å². The molecule has 126 valence electrons. The van der Waals surface area contributed by atoms with Crippen LogP contribution in [0.1, 0.15) is 43.0 Å². The Balaban J connectivity index is 1.42. The van der Waals surface area contributed by atoms with Gasteiger partial charge in [-0.25, -0.2) is 14.6 Å². The molecule has 7 nitrogen and oxygen atoms in total. The van der Waals surface area contributed by atoms with Crippen LogP contribution in [0.4, 0.5) is 0 Å². The fourth-order valence-electron chi connectivity index (χ4n) is 3.86. The maximum Gasteiger partial charge on any atom is 0.253 e. The Labute approximate surface area is 140 Å². The second kappa shape index (κ2) is 5.98. The minimum Gasteiger partial charge on any atom is -0.378 e. The first-order chi connectivity index (χ1) is 11.7. The van der Waals surface area contributed by atoms with Gasteiger partial charge in [0.1, 0.15) is 12.7 Å². The van der Waals surface area contributed by atoms with E-state index >= 15 is 0 Å². The highest BCUT2D eigenvalue weighted by atomic mass is 16.5. The fraction of sp³-hybridized carbons (Fsp3) is 0.529. The zero-order valence-electron chi connectivity index (χ0n) is 13.7. The van der Waals surface area contributed by atoms with Crippen molar-refractivity contribution in [2.45, 2.75) is 44.8 Å². The molecule has 2 aromatic rings. The van der Waals surface area contributed by atoms with Gasteiger partial charge in [-0.3, -0.25) is 4.79 Å². The normalized spacial score (nSPS) is 24.2. The van der Waals surface area contributed by atoms with Gasteiger partial charge in [-0.2, -0.15) is 5.10 Å². The minimum atomic E-state index is -0.0705. The van der Waals surface area contributed by atoms with Gasteiger partial charge in [-0.1, -0.05) is 6.42 Å². The van der Waals surface area contributed by atoms with Crippen LogP contribution in [0, 0.1) is 5.41 Å². The van der Waals surface area contributed by atoms with E-state index in [2.05, 4.69) is 20.4 Å². The number of nitrogens with one attached hydrogen (secondary N) is 1. The highest BCUT2D eigenvalue weighted by molar-refractivity contribution is 5.94. The molecule has 1 spiro atoms. The summed E-state index contributed by atoms with van der Waals surface area (Å²) < 4.78 is 7.39. The maximum atomic E-state index is 12.5. The Kier molecular flexibility index (Phi) is 3.80. The van der Waals surface area contributed by atoms with E-state index in [4.69, 9.17) is 4.74 Å². The Hall–Kier alpha value is -2.28. The molecule has 0 radical (unpaired) electrons. The van der Waals surface area contributed by atoms with Gasteiger partial charge >= 0.3 is 0 Å². The predicted molar refractivity (Wildman–Crippen MR) is 86.7 cm³/mol. The topological polar surface area (TPSA) is 81.9 Å². The largest absolute Gasteiger partial charge is 0.378 e. The first-order valence-corrected chi connectivity index (χ1v) is 8.46. The molecule has 0 aliphatic heterocycles. The number of ether oxygens (including phenoxy) is 1. The Bertz CT molecular complexity index is 709. The van der Waals surface area contributed by atoms with Gasteiger partial charge < -0.3 is 10.1 Å². The van der Waals surface area contributed by atoms with E-state index in [-0.39, 0.29) is 17.4 Å². The molecule has 0 unspecified atom stereocenters. The molecule has 1 N–H and O–H groups in total. The van der Waals surface area contributed by atoms with E-state index in [9.17, 15) is 4.79 Å². The summed E-state index contributed by atoms with van der Waals surface area (Å²) in [5.74, 6) is 0.568. The van der Waals surface area contributed by atoms with Crippen molar-refractivity contribution in [2.24, 2.45) is 5.41 Å². The van der Waals surface area contributed by atoms with E-state index in [1.165, 1.54) is 12.7 Å². The summed E-state index contributed by atoms with van der Waals surface area (Å²) in [7, 11) is 0. The van der Waals surface area contributed by atoms with E-state index in [1.807, 2.05) is 6.92 Å². The molecule has 2 saturated carbocycles. The molecule has 0 aromatic carbocycles. The number of carbonyl (C=O) groups excluding carboxylic acids is 1. The Morgan fingerprint density at radius 2 is 2.33 bits per heavy atom. The lowest BCUT2D eigenvalue weighted by molar-refractivity contribution is -0.169. The number of amides is 1. The van der Waals surface area contributed by atoms with Crippen molar-refractivity contribution in [1.82, 2.24) is 25.1 Å². The molecule has 2 atom stereocenters. The molecule has 0 bridgehead atoms. The summed E-state index contributed by atoms with van der Waals surface area (Å²) in [4.78, 5) is 20.7. The maximum absolute atomic E-state index is 12.5. The third-order valence-corrected chi connectivity index (χ3v) is 5.41. The molecule has 2 aromatic heterocycles. The lowest BCUT2D eigenvalue weighted by Crippen LogP contribution is -2.67. The SMILES string of the molecule is CCO[C@@H]1C[C@H](NC(=O)c2ccc(-n3cncn3)nc2)C12CCC2. The van der Waals surface area contributed by atoms with Crippen molar-refractivity contribution >= 4 is 5.91 Å². The second-order valence-electron chi connectivity index (χ2n) is 6.54. The van der Waals surface area contributed by atoms with Gasteiger partial charge in [0, 0.05) is 24.3 Å². The average molecular weight is 327 g/mol. The summed E-state index contributed by atoms with van der Waals surface area (Å²) in [5.41, 5.74) is 0.730. The standard InChI is InChI=1S/C17H21N5O2/c1-2-24-14-8-13(17(14)6-3-7-17)21-16(23)12-4-5-15(19-9-12)22-11-18-10-20-22/h4-5,9-11,13-14H,2-3,6-8H2,1H3,(H,21,23)/t13-,14+/m0/s1. The molecule has 2 aliphatic carbocycles. The third kappa shape index (κ3) is 2.39. The number of hydrogen-bond donors (Lipinski definition) is 1. The van der Waals surface area contributed by atoms with Crippen LogP contribution in [0.2, 0.25) is 0 Å². The van der Waals surface area contributed by atoms with Crippen LogP contribution in [0.5, 0.6) is 0 Å². The number of aromatic nitrogens is 4. The van der Waals surface area contributed by atoms with Crippen molar-refractivity contribution in [1.29, 1.82) is 0 Å². The third-order valence-electron chi connectivity index (χ3n) is 5.41. The summed E-state index contributed by atoms with van der Waals surface area (Å²) in [6, 6.07) is 3.75. The first kappa shape index (κ1) is 15.3. The van der Waals surface area contributed by atoms with E-state index in [1.54, 1.807) is 29.3 Å². The molecule has 4 rings (SSSR count). The summed E-state index contributed by atoms with van der Waals surface area (Å²) >= 11 is 0. The van der Waals surface area contributed by atoms with Crippen LogP contribution in [-0.2, 0) is 4.74 Å². The lowest BCUT2D eigenvalue weighted by atomic mass is 9.51. The molecular formula is C17H21N5O2. The lowest BCUT2D eigenvalue weighted by Gasteiger charge is -2.61. The molecule has 1 amide bonds. The Morgan fingerprint density at radius 3 is 2.92 bits per heavy atom. The van der Waals surface area contributed by atoms with Gasteiger partial charge in [0.2, 0.25) is 0 Å². The van der Waals surface area contributed by atoms with Crippen LogP contribution in [0.25, 0.3) is 5.82 Å². The molecular weight excluding hydrogens is 306 g/mol. The molecule has 7 heteroatoms. The Morgan fingerprint density at radius 1 is 1.46 bits per heavy atom. The molecule has 0 saturated heterocycles. The van der Waals surface area contributed by atoms with Gasteiger partial charge in [0.15, 0.2) is 5.82 Å². The van der Waals surface area contributed by atoms with Crippen LogP contribution in [0.15, 0.2) is 31.0 Å².